The zero-order valence-corrected chi connectivity index (χ0v) is 18.5. The number of H-pyrrole nitrogens is 1. The number of nitrogens with one attached hydrogen (secondary N) is 1. The molecule has 160 valence electrons. The van der Waals surface area contributed by atoms with Gasteiger partial charge >= 0.3 is 0 Å². The summed E-state index contributed by atoms with van der Waals surface area (Å²) in [6.45, 7) is 1.000. The van der Waals surface area contributed by atoms with Crippen LogP contribution in [-0.4, -0.2) is 56.6 Å². The van der Waals surface area contributed by atoms with E-state index in [0.29, 0.717) is 40.1 Å². The summed E-state index contributed by atoms with van der Waals surface area (Å²) in [5, 5.41) is 12.0. The van der Waals surface area contributed by atoms with E-state index in [0.717, 1.165) is 12.8 Å². The maximum Gasteiger partial charge on any atom is 0.211 e. The highest BCUT2D eigenvalue weighted by Gasteiger charge is 2.30. The van der Waals surface area contributed by atoms with Gasteiger partial charge in [-0.25, -0.2) is 17.1 Å². The van der Waals surface area contributed by atoms with Crippen molar-refractivity contribution in [3.8, 4) is 5.82 Å². The zero-order chi connectivity index (χ0) is 21.5. The smallest absolute Gasteiger partial charge is 0.211 e. The van der Waals surface area contributed by atoms with Gasteiger partial charge in [0.25, 0.3) is 0 Å². The molecule has 30 heavy (non-hydrogen) atoms. The number of hydrogen-bond acceptors (Lipinski definition) is 5. The van der Waals surface area contributed by atoms with E-state index in [1.807, 2.05) is 0 Å². The van der Waals surface area contributed by atoms with Crippen molar-refractivity contribution in [2.24, 2.45) is 0 Å². The highest BCUT2D eigenvalue weighted by atomic mass is 35.5. The van der Waals surface area contributed by atoms with Crippen molar-refractivity contribution >= 4 is 33.8 Å². The van der Waals surface area contributed by atoms with Gasteiger partial charge in [-0.15, -0.1) is 0 Å². The van der Waals surface area contributed by atoms with E-state index in [2.05, 4.69) is 15.3 Å². The Labute approximate surface area is 183 Å². The number of hydrogen-bond donors (Lipinski definition) is 1. The van der Waals surface area contributed by atoms with E-state index >= 15 is 0 Å². The number of rotatable bonds is 5. The second kappa shape index (κ2) is 8.22. The Kier molecular flexibility index (Phi) is 5.80. The highest BCUT2D eigenvalue weighted by molar-refractivity contribution is 7.88. The molecule has 2 aromatic heterocycles. The Bertz CT molecular complexity index is 1220. The van der Waals surface area contributed by atoms with Crippen molar-refractivity contribution in [3.63, 3.8) is 0 Å². The van der Waals surface area contributed by atoms with Gasteiger partial charge in [0.1, 0.15) is 11.6 Å². The van der Waals surface area contributed by atoms with Gasteiger partial charge < -0.3 is 0 Å². The molecule has 0 bridgehead atoms. The SMILES string of the molecule is CS(=O)(=O)N1CCC[C@@H](c2n[nH]c(=S)n2-c2ccn(Cc3c(F)cccc3Cl)n2)C1. The maximum absolute atomic E-state index is 14.1. The summed E-state index contributed by atoms with van der Waals surface area (Å²) in [7, 11) is -3.28. The molecule has 1 aliphatic heterocycles. The molecule has 1 N–H and O–H groups in total. The molecule has 8 nitrogen and oxygen atoms in total. The molecule has 0 amide bonds. The lowest BCUT2D eigenvalue weighted by Gasteiger charge is -2.30. The third kappa shape index (κ3) is 4.20. The third-order valence-electron chi connectivity index (χ3n) is 5.15. The normalized spacial score (nSPS) is 18.0. The van der Waals surface area contributed by atoms with Gasteiger partial charge in [-0.2, -0.15) is 10.2 Å². The molecule has 0 unspecified atom stereocenters. The summed E-state index contributed by atoms with van der Waals surface area (Å²) in [6, 6.07) is 6.29. The van der Waals surface area contributed by atoms with Crippen LogP contribution in [0.25, 0.3) is 5.82 Å². The molecule has 1 atom stereocenters. The monoisotopic (exact) mass is 470 g/mol. The Morgan fingerprint density at radius 1 is 1.37 bits per heavy atom. The zero-order valence-electron chi connectivity index (χ0n) is 16.1. The van der Waals surface area contributed by atoms with Crippen molar-refractivity contribution in [3.05, 3.63) is 57.5 Å². The van der Waals surface area contributed by atoms with E-state index in [-0.39, 0.29) is 12.5 Å². The van der Waals surface area contributed by atoms with E-state index in [1.165, 1.54) is 16.6 Å². The largest absolute Gasteiger partial charge is 0.266 e. The number of benzene rings is 1. The molecular weight excluding hydrogens is 451 g/mol. The number of nitrogens with zero attached hydrogens (tertiary/aromatic N) is 5. The van der Waals surface area contributed by atoms with Crippen molar-refractivity contribution in [1.29, 1.82) is 0 Å². The molecule has 3 aromatic rings. The van der Waals surface area contributed by atoms with Crippen LogP contribution in [-0.2, 0) is 16.6 Å². The van der Waals surface area contributed by atoms with Crippen molar-refractivity contribution in [2.75, 3.05) is 19.3 Å². The van der Waals surface area contributed by atoms with Gasteiger partial charge in [0.05, 0.1) is 12.8 Å². The molecule has 1 saturated heterocycles. The second-order valence-electron chi connectivity index (χ2n) is 7.25. The summed E-state index contributed by atoms with van der Waals surface area (Å²) in [5.74, 6) is 0.631. The summed E-state index contributed by atoms with van der Waals surface area (Å²) in [6.07, 6.45) is 4.44. The van der Waals surface area contributed by atoms with Crippen LogP contribution in [0.4, 0.5) is 4.39 Å². The van der Waals surface area contributed by atoms with Crippen LogP contribution in [0, 0.1) is 10.6 Å². The van der Waals surface area contributed by atoms with Gasteiger partial charge in [0.15, 0.2) is 5.82 Å². The first-order valence-corrected chi connectivity index (χ1v) is 12.0. The molecule has 0 aliphatic carbocycles. The molecule has 0 spiro atoms. The fraction of sp³-hybridized carbons (Fsp3) is 0.389. The quantitative estimate of drug-likeness (QED) is 0.579. The molecule has 1 fully saturated rings. The number of sulfonamides is 1. The first kappa shape index (κ1) is 21.2. The van der Waals surface area contributed by atoms with E-state index in [9.17, 15) is 12.8 Å². The van der Waals surface area contributed by atoms with E-state index in [1.54, 1.807) is 33.6 Å². The lowest BCUT2D eigenvalue weighted by molar-refractivity contribution is 0.309. The number of piperidine rings is 1. The summed E-state index contributed by atoms with van der Waals surface area (Å²) in [4.78, 5) is 0. The Morgan fingerprint density at radius 3 is 2.90 bits per heavy atom. The third-order valence-corrected chi connectivity index (χ3v) is 7.05. The van der Waals surface area contributed by atoms with Gasteiger partial charge in [-0.05, 0) is 37.2 Å². The average Bonchev–Trinajstić information content (AvgIpc) is 3.30. The fourth-order valence-electron chi connectivity index (χ4n) is 3.66. The first-order chi connectivity index (χ1) is 14.2. The van der Waals surface area contributed by atoms with Crippen LogP contribution in [0.1, 0.15) is 30.1 Å². The summed E-state index contributed by atoms with van der Waals surface area (Å²) >= 11 is 11.5. The van der Waals surface area contributed by atoms with Crippen molar-refractivity contribution in [1.82, 2.24) is 28.9 Å². The molecule has 3 heterocycles. The lowest BCUT2D eigenvalue weighted by atomic mass is 9.99. The van der Waals surface area contributed by atoms with Crippen LogP contribution in [0.5, 0.6) is 0 Å². The fourth-order valence-corrected chi connectivity index (χ4v) is 5.03. The van der Waals surface area contributed by atoms with Gasteiger partial charge in [-0.1, -0.05) is 17.7 Å². The predicted molar refractivity (Wildman–Crippen MR) is 113 cm³/mol. The minimum Gasteiger partial charge on any atom is -0.266 e. The lowest BCUT2D eigenvalue weighted by Crippen LogP contribution is -2.39. The maximum atomic E-state index is 14.1. The number of aromatic nitrogens is 5. The van der Waals surface area contributed by atoms with E-state index in [4.69, 9.17) is 23.8 Å². The van der Waals surface area contributed by atoms with Crippen LogP contribution in [0.2, 0.25) is 5.02 Å². The van der Waals surface area contributed by atoms with Crippen LogP contribution < -0.4 is 0 Å². The van der Waals surface area contributed by atoms with Gasteiger partial charge in [-0.3, -0.25) is 14.3 Å². The molecular formula is C18H20ClFN6O2S2. The first-order valence-electron chi connectivity index (χ1n) is 9.33. The highest BCUT2D eigenvalue weighted by Crippen LogP contribution is 2.28. The predicted octanol–water partition coefficient (Wildman–Crippen LogP) is 3.11. The Morgan fingerprint density at radius 2 is 2.17 bits per heavy atom. The minimum absolute atomic E-state index is 0.118. The molecule has 12 heteroatoms. The average molecular weight is 471 g/mol. The molecule has 1 aliphatic rings. The number of halogens is 2. The Balaban J connectivity index is 1.64. The molecule has 0 saturated carbocycles. The van der Waals surface area contributed by atoms with Gasteiger partial charge in [0.2, 0.25) is 14.8 Å². The Hall–Kier alpha value is -2.08. The standard InChI is InChI=1S/C18H20ClFN6O2S2/c1-30(27,28)25-8-3-4-12(10-25)17-21-22-18(29)26(17)16-7-9-24(23-16)11-13-14(19)5-2-6-15(13)20/h2,5-7,9,12H,3-4,8,10-11H2,1H3,(H,22,29)/t12-/m1/s1. The second-order valence-corrected chi connectivity index (χ2v) is 10.0. The van der Waals surface area contributed by atoms with Crippen LogP contribution in [0.3, 0.4) is 0 Å². The topological polar surface area (TPSA) is 88.8 Å². The molecule has 4 rings (SSSR count). The number of aromatic amines is 1. The summed E-state index contributed by atoms with van der Waals surface area (Å²) in [5.41, 5.74) is 0.348. The van der Waals surface area contributed by atoms with Gasteiger partial charge in [0, 0.05) is 41.9 Å². The van der Waals surface area contributed by atoms with Crippen molar-refractivity contribution in [2.45, 2.75) is 25.3 Å². The van der Waals surface area contributed by atoms with Crippen molar-refractivity contribution < 1.29 is 12.8 Å². The molecule has 0 radical (unpaired) electrons. The van der Waals surface area contributed by atoms with E-state index < -0.39 is 15.8 Å². The molecule has 1 aromatic carbocycles. The van der Waals surface area contributed by atoms with Crippen LogP contribution in [0.15, 0.2) is 30.5 Å². The summed E-state index contributed by atoms with van der Waals surface area (Å²) < 4.78 is 43.1. The van der Waals surface area contributed by atoms with Crippen LogP contribution >= 0.6 is 23.8 Å². The minimum atomic E-state index is -3.28.